The van der Waals surface area contributed by atoms with Gasteiger partial charge in [0.1, 0.15) is 0 Å². The highest BCUT2D eigenvalue weighted by molar-refractivity contribution is 5.80. The Morgan fingerprint density at radius 3 is 1.61 bits per heavy atom. The lowest BCUT2D eigenvalue weighted by atomic mass is 10.1. The highest BCUT2D eigenvalue weighted by Gasteiger charge is 2.62. The summed E-state index contributed by atoms with van der Waals surface area (Å²) in [5, 5.41) is 18.0. The molecule has 0 spiro atoms. The quantitative estimate of drug-likeness (QED) is 0.679. The van der Waals surface area contributed by atoms with Gasteiger partial charge in [-0.3, -0.25) is 4.79 Å². The van der Waals surface area contributed by atoms with E-state index >= 15 is 0 Å². The van der Waals surface area contributed by atoms with Crippen LogP contribution in [0.3, 0.4) is 0 Å². The molecule has 4 nitrogen and oxygen atoms in total. The van der Waals surface area contributed by atoms with Crippen LogP contribution in [-0.2, 0) is 4.79 Å². The van der Waals surface area contributed by atoms with Crippen molar-refractivity contribution in [3.8, 4) is 0 Å². The van der Waals surface area contributed by atoms with Gasteiger partial charge >= 0.3 is 12.4 Å². The van der Waals surface area contributed by atoms with E-state index in [0.717, 1.165) is 0 Å². The van der Waals surface area contributed by atoms with Gasteiger partial charge in [-0.2, -0.15) is 26.3 Å². The van der Waals surface area contributed by atoms with E-state index in [-0.39, 0.29) is 4.90 Å². The zero-order chi connectivity index (χ0) is 14.3. The second kappa shape index (κ2) is 4.57. The van der Waals surface area contributed by atoms with Crippen molar-refractivity contribution in [1.82, 2.24) is 4.90 Å². The summed E-state index contributed by atoms with van der Waals surface area (Å²) in [6.45, 7) is -1.52. The van der Waals surface area contributed by atoms with E-state index in [0.29, 0.717) is 0 Å². The molecule has 0 aromatic carbocycles. The Hall–Kier alpha value is -1.03. The molecule has 1 heterocycles. The lowest BCUT2D eigenvalue weighted by Crippen LogP contribution is -2.49. The maximum absolute atomic E-state index is 12.2. The predicted octanol–water partition coefficient (Wildman–Crippen LogP) is 0.291. The van der Waals surface area contributed by atoms with Gasteiger partial charge in [-0.15, -0.1) is 0 Å². The van der Waals surface area contributed by atoms with Gasteiger partial charge in [0.2, 0.25) is 11.8 Å². The Kier molecular flexibility index (Phi) is 3.82. The van der Waals surface area contributed by atoms with Crippen LogP contribution in [0.15, 0.2) is 0 Å². The number of alkyl halides is 6. The minimum Gasteiger partial charge on any atom is -0.388 e. The summed E-state index contributed by atoms with van der Waals surface area (Å²) in [7, 11) is 0. The van der Waals surface area contributed by atoms with Gasteiger partial charge in [0, 0.05) is 13.1 Å². The van der Waals surface area contributed by atoms with Gasteiger partial charge in [-0.05, 0) is 0 Å². The summed E-state index contributed by atoms with van der Waals surface area (Å²) in [6.07, 6.45) is -14.6. The molecular formula is C8H9F6NO3. The van der Waals surface area contributed by atoms with Gasteiger partial charge in [0.05, 0.1) is 12.2 Å². The van der Waals surface area contributed by atoms with Crippen LogP contribution in [0, 0.1) is 5.92 Å². The molecule has 0 radical (unpaired) electrons. The van der Waals surface area contributed by atoms with Crippen molar-refractivity contribution in [3.05, 3.63) is 0 Å². The number of nitrogens with zero attached hydrogens (tertiary/aromatic N) is 1. The molecule has 0 aromatic rings. The third-order valence-corrected chi connectivity index (χ3v) is 2.47. The maximum atomic E-state index is 12.2. The van der Waals surface area contributed by atoms with Gasteiger partial charge in [0.25, 0.3) is 0 Å². The molecule has 2 unspecified atom stereocenters. The highest BCUT2D eigenvalue weighted by atomic mass is 19.4. The van der Waals surface area contributed by atoms with Crippen molar-refractivity contribution in [1.29, 1.82) is 0 Å². The first-order valence-electron chi connectivity index (χ1n) is 4.73. The summed E-state index contributed by atoms with van der Waals surface area (Å²) in [5.41, 5.74) is 0. The molecule has 0 aliphatic carbocycles. The average Bonchev–Trinajstić information content (AvgIpc) is 2.41. The number of hydrogen-bond acceptors (Lipinski definition) is 3. The molecule has 0 bridgehead atoms. The fourth-order valence-electron chi connectivity index (χ4n) is 1.60. The molecule has 1 aliphatic heterocycles. The molecule has 1 aliphatic rings. The molecule has 1 fully saturated rings. The maximum Gasteiger partial charge on any atom is 0.409 e. The zero-order valence-corrected chi connectivity index (χ0v) is 8.66. The van der Waals surface area contributed by atoms with Crippen molar-refractivity contribution in [3.63, 3.8) is 0 Å². The average molecular weight is 281 g/mol. The lowest BCUT2D eigenvalue weighted by Gasteiger charge is -2.26. The minimum absolute atomic E-state index is 0.154. The van der Waals surface area contributed by atoms with Gasteiger partial charge in [-0.25, -0.2) is 0 Å². The SMILES string of the molecule is O=C(C(C(F)(F)F)C(F)(F)F)N1CC(O)C(O)C1. The van der Waals surface area contributed by atoms with Crippen LogP contribution in [0.5, 0.6) is 0 Å². The number of rotatable bonds is 1. The Morgan fingerprint density at radius 2 is 1.33 bits per heavy atom. The molecule has 0 aromatic heterocycles. The molecule has 1 saturated heterocycles. The molecule has 2 atom stereocenters. The molecule has 1 amide bonds. The Labute approximate surface area is 96.8 Å². The van der Waals surface area contributed by atoms with Gasteiger partial charge in [-0.1, -0.05) is 0 Å². The Morgan fingerprint density at radius 1 is 1.00 bits per heavy atom. The van der Waals surface area contributed by atoms with Crippen molar-refractivity contribution in [2.45, 2.75) is 24.6 Å². The first-order valence-corrected chi connectivity index (χ1v) is 4.73. The summed E-state index contributed by atoms with van der Waals surface area (Å²) in [6, 6.07) is 0. The predicted molar refractivity (Wildman–Crippen MR) is 44.2 cm³/mol. The molecule has 2 N–H and O–H groups in total. The monoisotopic (exact) mass is 281 g/mol. The largest absolute Gasteiger partial charge is 0.409 e. The Bertz CT molecular complexity index is 304. The van der Waals surface area contributed by atoms with E-state index in [1.807, 2.05) is 0 Å². The van der Waals surface area contributed by atoms with E-state index in [1.54, 1.807) is 0 Å². The van der Waals surface area contributed by atoms with Crippen LogP contribution in [-0.4, -0.2) is 58.7 Å². The van der Waals surface area contributed by atoms with E-state index in [2.05, 4.69) is 0 Å². The van der Waals surface area contributed by atoms with Crippen molar-refractivity contribution in [2.24, 2.45) is 5.92 Å². The summed E-state index contributed by atoms with van der Waals surface area (Å²) < 4.78 is 73.3. The number of carbonyl (C=O) groups excluding carboxylic acids is 1. The van der Waals surface area contributed by atoms with E-state index in [1.165, 1.54) is 0 Å². The fourth-order valence-corrected chi connectivity index (χ4v) is 1.60. The molecule has 18 heavy (non-hydrogen) atoms. The molecule has 0 saturated carbocycles. The number of aliphatic hydroxyl groups is 2. The van der Waals surface area contributed by atoms with Crippen molar-refractivity contribution >= 4 is 5.91 Å². The van der Waals surface area contributed by atoms with Crippen LogP contribution in [0.2, 0.25) is 0 Å². The third-order valence-electron chi connectivity index (χ3n) is 2.47. The lowest BCUT2D eigenvalue weighted by molar-refractivity contribution is -0.277. The first kappa shape index (κ1) is 15.0. The number of hydrogen-bond donors (Lipinski definition) is 2. The Balaban J connectivity index is 2.92. The van der Waals surface area contributed by atoms with E-state index < -0.39 is 49.5 Å². The number of β-amino-alcohol motifs (C(OH)–C–C–N with tert-alkyl or cyclic N) is 2. The summed E-state index contributed by atoms with van der Waals surface area (Å²) in [5.74, 6) is -6.35. The van der Waals surface area contributed by atoms with Crippen molar-refractivity contribution < 1.29 is 41.4 Å². The molecular weight excluding hydrogens is 272 g/mol. The van der Waals surface area contributed by atoms with Crippen LogP contribution in [0.25, 0.3) is 0 Å². The molecule has 10 heteroatoms. The van der Waals surface area contributed by atoms with Crippen LogP contribution in [0.1, 0.15) is 0 Å². The van der Waals surface area contributed by atoms with Crippen molar-refractivity contribution in [2.75, 3.05) is 13.1 Å². The number of carbonyl (C=O) groups is 1. The molecule has 1 rings (SSSR count). The summed E-state index contributed by atoms with van der Waals surface area (Å²) in [4.78, 5) is 11.3. The first-order chi connectivity index (χ1) is 7.94. The molecule has 106 valence electrons. The standard InChI is InChI=1S/C8H9F6NO3/c9-7(10,11)5(8(12,13)14)6(18)15-1-3(16)4(17)2-15/h3-5,16-17H,1-2H2. The zero-order valence-electron chi connectivity index (χ0n) is 8.66. The van der Waals surface area contributed by atoms with Crippen LogP contribution >= 0.6 is 0 Å². The minimum atomic E-state index is -5.77. The van der Waals surface area contributed by atoms with E-state index in [9.17, 15) is 31.1 Å². The van der Waals surface area contributed by atoms with Gasteiger partial charge < -0.3 is 15.1 Å². The second-order valence-electron chi connectivity index (χ2n) is 3.89. The number of amides is 1. The number of likely N-dealkylation sites (tertiary alicyclic amines) is 1. The normalized spacial score (nSPS) is 25.9. The van der Waals surface area contributed by atoms with E-state index in [4.69, 9.17) is 10.2 Å². The highest BCUT2D eigenvalue weighted by Crippen LogP contribution is 2.40. The van der Waals surface area contributed by atoms with Crippen LogP contribution in [0.4, 0.5) is 26.3 Å². The number of halogens is 6. The topological polar surface area (TPSA) is 60.8 Å². The van der Waals surface area contributed by atoms with Gasteiger partial charge in [0.15, 0.2) is 0 Å². The van der Waals surface area contributed by atoms with Crippen LogP contribution < -0.4 is 0 Å². The smallest absolute Gasteiger partial charge is 0.388 e. The second-order valence-corrected chi connectivity index (χ2v) is 3.89. The summed E-state index contributed by atoms with van der Waals surface area (Å²) >= 11 is 0. The number of aliphatic hydroxyl groups excluding tert-OH is 2. The third kappa shape index (κ3) is 3.05. The fraction of sp³-hybridized carbons (Fsp3) is 0.875.